The summed E-state index contributed by atoms with van der Waals surface area (Å²) in [6, 6.07) is 0. The van der Waals surface area contributed by atoms with E-state index in [-0.39, 0.29) is 12.5 Å². The van der Waals surface area contributed by atoms with E-state index in [0.717, 1.165) is 38.5 Å². The third kappa shape index (κ3) is 22.1. The molecule has 172 valence electrons. The van der Waals surface area contributed by atoms with Crippen molar-refractivity contribution in [2.24, 2.45) is 0 Å². The van der Waals surface area contributed by atoms with Gasteiger partial charge >= 0.3 is 0 Å². The van der Waals surface area contributed by atoms with E-state index in [0.29, 0.717) is 6.42 Å². The van der Waals surface area contributed by atoms with Crippen LogP contribution in [0.15, 0.2) is 85.1 Å². The Kier molecular flexibility index (Phi) is 19.3. The van der Waals surface area contributed by atoms with Crippen molar-refractivity contribution in [3.8, 4) is 0 Å². The molecule has 0 aromatic rings. The van der Waals surface area contributed by atoms with E-state index in [2.05, 4.69) is 49.5 Å². The third-order valence-electron chi connectivity index (χ3n) is 4.46. The summed E-state index contributed by atoms with van der Waals surface area (Å²) in [5, 5.41) is 13.0. The van der Waals surface area contributed by atoms with Crippen molar-refractivity contribution < 1.29 is 9.90 Å². The van der Waals surface area contributed by atoms with Gasteiger partial charge in [-0.05, 0) is 32.6 Å². The minimum Gasteiger partial charge on any atom is -0.388 e. The van der Waals surface area contributed by atoms with Crippen LogP contribution in [-0.4, -0.2) is 23.2 Å². The average molecular weight is 426 g/mol. The summed E-state index contributed by atoms with van der Waals surface area (Å²) in [5.41, 5.74) is -0.843. The molecule has 0 spiro atoms. The van der Waals surface area contributed by atoms with Crippen molar-refractivity contribution in [2.45, 2.75) is 77.7 Å². The van der Waals surface area contributed by atoms with Crippen LogP contribution in [0, 0.1) is 0 Å². The molecule has 0 aromatic heterocycles. The molecule has 31 heavy (non-hydrogen) atoms. The smallest absolute Gasteiger partial charge is 0.244 e. The Morgan fingerprint density at radius 2 is 1.26 bits per heavy atom. The van der Waals surface area contributed by atoms with Crippen LogP contribution in [0.5, 0.6) is 0 Å². The van der Waals surface area contributed by atoms with Gasteiger partial charge in [0.15, 0.2) is 0 Å². The number of hydrogen-bond donors (Lipinski definition) is 2. The highest BCUT2D eigenvalue weighted by atomic mass is 16.3. The minimum absolute atomic E-state index is 0.186. The van der Waals surface area contributed by atoms with E-state index in [4.69, 9.17) is 0 Å². The molecular formula is C28H43NO2. The van der Waals surface area contributed by atoms with E-state index in [1.165, 1.54) is 12.5 Å². The Hall–Kier alpha value is -2.39. The number of hydrogen-bond acceptors (Lipinski definition) is 2. The van der Waals surface area contributed by atoms with E-state index >= 15 is 0 Å². The van der Waals surface area contributed by atoms with Crippen LogP contribution in [0.2, 0.25) is 0 Å². The summed E-state index contributed by atoms with van der Waals surface area (Å²) in [6.07, 6.45) is 35.8. The van der Waals surface area contributed by atoms with Gasteiger partial charge in [0.1, 0.15) is 0 Å². The Morgan fingerprint density at radius 3 is 1.81 bits per heavy atom. The highest BCUT2D eigenvalue weighted by molar-refractivity contribution is 5.87. The first-order valence-electron chi connectivity index (χ1n) is 11.7. The first kappa shape index (κ1) is 28.6. The molecule has 0 fully saturated rings. The molecule has 0 radical (unpaired) electrons. The predicted octanol–water partition coefficient (Wildman–Crippen LogP) is 6.91. The molecule has 1 unspecified atom stereocenters. The van der Waals surface area contributed by atoms with E-state index < -0.39 is 5.60 Å². The number of carbonyl (C=O) groups is 1. The van der Waals surface area contributed by atoms with Crippen LogP contribution < -0.4 is 5.32 Å². The van der Waals surface area contributed by atoms with Gasteiger partial charge in [0.25, 0.3) is 0 Å². The standard InChI is InChI=1S/C28H43NO2/c1-4-6-8-9-10-11-12-13-14-15-16-17-18-19-20-21-22-24-27(30)29-26-28(3,31)25-23-7-5-2/h8-15,18-22,24,31H,4-7,16-17,23,25-26H2,1-3H3,(H,29,30). The van der Waals surface area contributed by atoms with Crippen LogP contribution in [0.4, 0.5) is 0 Å². The van der Waals surface area contributed by atoms with E-state index in [9.17, 15) is 9.90 Å². The fraction of sp³-hybridized carbons (Fsp3) is 0.464. The summed E-state index contributed by atoms with van der Waals surface area (Å²) in [6.45, 7) is 6.35. The summed E-state index contributed by atoms with van der Waals surface area (Å²) >= 11 is 0. The predicted molar refractivity (Wildman–Crippen MR) is 136 cm³/mol. The topological polar surface area (TPSA) is 49.3 Å². The largest absolute Gasteiger partial charge is 0.388 e. The summed E-state index contributed by atoms with van der Waals surface area (Å²) in [4.78, 5) is 11.8. The van der Waals surface area contributed by atoms with Crippen molar-refractivity contribution >= 4 is 5.91 Å². The lowest BCUT2D eigenvalue weighted by Crippen LogP contribution is -2.40. The van der Waals surface area contributed by atoms with Crippen LogP contribution in [-0.2, 0) is 4.79 Å². The highest BCUT2D eigenvalue weighted by Crippen LogP contribution is 2.13. The molecule has 1 amide bonds. The van der Waals surface area contributed by atoms with Gasteiger partial charge < -0.3 is 10.4 Å². The van der Waals surface area contributed by atoms with E-state index in [1.54, 1.807) is 13.0 Å². The van der Waals surface area contributed by atoms with Gasteiger partial charge in [0.2, 0.25) is 5.91 Å². The molecule has 3 nitrogen and oxygen atoms in total. The number of nitrogens with one attached hydrogen (secondary N) is 1. The SMILES string of the molecule is CCCC=CC=CC=CC=CCCC=CC=CC=CC(=O)NCC(C)(O)CCCCC. The van der Waals surface area contributed by atoms with Crippen LogP contribution in [0.25, 0.3) is 0 Å². The number of allylic oxidation sites excluding steroid dienone is 13. The molecule has 0 aromatic carbocycles. The molecule has 0 saturated carbocycles. The van der Waals surface area contributed by atoms with Gasteiger partial charge in [-0.15, -0.1) is 0 Å². The van der Waals surface area contributed by atoms with Crippen LogP contribution >= 0.6 is 0 Å². The first-order chi connectivity index (χ1) is 15.0. The normalized spacial score (nSPS) is 15.1. The molecule has 0 heterocycles. The fourth-order valence-electron chi connectivity index (χ4n) is 2.59. The molecule has 0 rings (SSSR count). The maximum absolute atomic E-state index is 11.8. The zero-order valence-electron chi connectivity index (χ0n) is 19.8. The zero-order chi connectivity index (χ0) is 23.0. The summed E-state index contributed by atoms with van der Waals surface area (Å²) in [7, 11) is 0. The Labute approximate surface area is 190 Å². The molecule has 0 aliphatic heterocycles. The van der Waals surface area contributed by atoms with Crippen molar-refractivity contribution in [1.82, 2.24) is 5.32 Å². The third-order valence-corrected chi connectivity index (χ3v) is 4.46. The highest BCUT2D eigenvalue weighted by Gasteiger charge is 2.19. The number of unbranched alkanes of at least 4 members (excludes halogenated alkanes) is 4. The monoisotopic (exact) mass is 425 g/mol. The Balaban J connectivity index is 3.90. The second-order valence-corrected chi connectivity index (χ2v) is 7.84. The van der Waals surface area contributed by atoms with Crippen LogP contribution in [0.1, 0.15) is 72.1 Å². The van der Waals surface area contributed by atoms with Crippen molar-refractivity contribution in [1.29, 1.82) is 0 Å². The van der Waals surface area contributed by atoms with Gasteiger partial charge in [-0.1, -0.05) is 119 Å². The quantitative estimate of drug-likeness (QED) is 0.151. The number of amides is 1. The van der Waals surface area contributed by atoms with Gasteiger partial charge in [0, 0.05) is 12.6 Å². The van der Waals surface area contributed by atoms with Crippen LogP contribution in [0.3, 0.4) is 0 Å². The average Bonchev–Trinajstić information content (AvgIpc) is 2.74. The Bertz CT molecular complexity index is 646. The Morgan fingerprint density at radius 1 is 0.742 bits per heavy atom. The van der Waals surface area contributed by atoms with E-state index in [1.807, 2.05) is 42.5 Å². The minimum atomic E-state index is -0.843. The van der Waals surface area contributed by atoms with Gasteiger partial charge in [-0.25, -0.2) is 0 Å². The lowest BCUT2D eigenvalue weighted by Gasteiger charge is -2.23. The molecule has 3 heteroatoms. The summed E-state index contributed by atoms with van der Waals surface area (Å²) in [5.74, 6) is -0.186. The van der Waals surface area contributed by atoms with Gasteiger partial charge in [0.05, 0.1) is 5.60 Å². The van der Waals surface area contributed by atoms with Crippen molar-refractivity contribution in [3.05, 3.63) is 85.1 Å². The number of aliphatic hydroxyl groups is 1. The number of carbonyl (C=O) groups excluding carboxylic acids is 1. The molecule has 0 bridgehead atoms. The fourth-order valence-corrected chi connectivity index (χ4v) is 2.59. The second-order valence-electron chi connectivity index (χ2n) is 7.84. The molecule has 0 saturated heterocycles. The van der Waals surface area contributed by atoms with Crippen molar-refractivity contribution in [3.63, 3.8) is 0 Å². The maximum Gasteiger partial charge on any atom is 0.244 e. The maximum atomic E-state index is 11.8. The second kappa shape index (κ2) is 20.9. The zero-order valence-corrected chi connectivity index (χ0v) is 19.8. The number of rotatable bonds is 17. The summed E-state index contributed by atoms with van der Waals surface area (Å²) < 4.78 is 0. The molecule has 0 aliphatic carbocycles. The molecule has 1 atom stereocenters. The van der Waals surface area contributed by atoms with Gasteiger partial charge in [-0.3, -0.25) is 4.79 Å². The lowest BCUT2D eigenvalue weighted by atomic mass is 9.98. The lowest BCUT2D eigenvalue weighted by molar-refractivity contribution is -0.117. The van der Waals surface area contributed by atoms with Crippen molar-refractivity contribution in [2.75, 3.05) is 6.54 Å². The molecular weight excluding hydrogens is 382 g/mol. The van der Waals surface area contributed by atoms with Gasteiger partial charge in [-0.2, -0.15) is 0 Å². The first-order valence-corrected chi connectivity index (χ1v) is 11.7. The molecule has 2 N–H and O–H groups in total. The molecule has 0 aliphatic rings.